The van der Waals surface area contributed by atoms with Gasteiger partial charge in [-0.15, -0.1) is 0 Å². The molecule has 2 aromatic carbocycles. The number of nitrogens with zero attached hydrogens (tertiary/aromatic N) is 1. The fourth-order valence-corrected chi connectivity index (χ4v) is 3.18. The number of para-hydroxylation sites is 1. The topological polar surface area (TPSA) is 55.6 Å². The van der Waals surface area contributed by atoms with Gasteiger partial charge < -0.3 is 15.4 Å². The first-order chi connectivity index (χ1) is 11.7. The van der Waals surface area contributed by atoms with E-state index in [-0.39, 0.29) is 11.9 Å². The van der Waals surface area contributed by atoms with Crippen molar-refractivity contribution in [3.05, 3.63) is 54.1 Å². The summed E-state index contributed by atoms with van der Waals surface area (Å²) >= 11 is 0. The molecule has 0 aromatic heterocycles. The second-order valence-corrected chi connectivity index (χ2v) is 6.26. The Morgan fingerprint density at radius 3 is 2.58 bits per heavy atom. The van der Waals surface area contributed by atoms with Crippen molar-refractivity contribution in [2.24, 2.45) is 5.73 Å². The molecule has 0 saturated carbocycles. The first kappa shape index (κ1) is 16.5. The molecule has 24 heavy (non-hydrogen) atoms. The van der Waals surface area contributed by atoms with Crippen molar-refractivity contribution in [2.45, 2.75) is 25.3 Å². The SMILES string of the molecule is COc1ccccc1-c1ccc(C(=O)N2CCC[C@@H](N)CC2)cc1. The molecule has 4 heteroatoms. The maximum absolute atomic E-state index is 12.7. The van der Waals surface area contributed by atoms with Crippen LogP contribution in [0.2, 0.25) is 0 Å². The number of carbonyl (C=O) groups is 1. The number of hydrogen-bond acceptors (Lipinski definition) is 3. The predicted octanol–water partition coefficient (Wildman–Crippen LogP) is 3.32. The zero-order valence-electron chi connectivity index (χ0n) is 14.1. The monoisotopic (exact) mass is 324 g/mol. The van der Waals surface area contributed by atoms with Crippen LogP contribution in [0.25, 0.3) is 11.1 Å². The van der Waals surface area contributed by atoms with E-state index in [1.807, 2.05) is 53.4 Å². The van der Waals surface area contributed by atoms with E-state index in [0.29, 0.717) is 0 Å². The highest BCUT2D eigenvalue weighted by atomic mass is 16.5. The summed E-state index contributed by atoms with van der Waals surface area (Å²) in [4.78, 5) is 14.6. The lowest BCUT2D eigenvalue weighted by molar-refractivity contribution is 0.0761. The van der Waals surface area contributed by atoms with Gasteiger partial charge in [0.15, 0.2) is 0 Å². The van der Waals surface area contributed by atoms with Gasteiger partial charge in [-0.25, -0.2) is 0 Å². The van der Waals surface area contributed by atoms with Crippen LogP contribution in [-0.2, 0) is 0 Å². The lowest BCUT2D eigenvalue weighted by Gasteiger charge is -2.20. The van der Waals surface area contributed by atoms with E-state index in [1.165, 1.54) is 0 Å². The highest BCUT2D eigenvalue weighted by Gasteiger charge is 2.20. The lowest BCUT2D eigenvalue weighted by atomic mass is 10.0. The number of carbonyl (C=O) groups excluding carboxylic acids is 1. The van der Waals surface area contributed by atoms with Gasteiger partial charge in [-0.2, -0.15) is 0 Å². The smallest absolute Gasteiger partial charge is 0.253 e. The average Bonchev–Trinajstić information content (AvgIpc) is 2.86. The van der Waals surface area contributed by atoms with Gasteiger partial charge in [-0.05, 0) is 43.0 Å². The Hall–Kier alpha value is -2.33. The number of hydrogen-bond donors (Lipinski definition) is 1. The van der Waals surface area contributed by atoms with Crippen molar-refractivity contribution in [1.82, 2.24) is 4.90 Å². The molecule has 0 unspecified atom stereocenters. The van der Waals surface area contributed by atoms with Gasteiger partial charge in [0.05, 0.1) is 7.11 Å². The maximum Gasteiger partial charge on any atom is 0.253 e. The minimum absolute atomic E-state index is 0.0932. The number of benzene rings is 2. The summed E-state index contributed by atoms with van der Waals surface area (Å²) < 4.78 is 5.41. The van der Waals surface area contributed by atoms with Crippen LogP contribution in [0.3, 0.4) is 0 Å². The molecule has 1 amide bonds. The summed E-state index contributed by atoms with van der Waals surface area (Å²) in [5, 5.41) is 0. The Morgan fingerprint density at radius 1 is 1.08 bits per heavy atom. The highest BCUT2D eigenvalue weighted by Crippen LogP contribution is 2.29. The molecule has 4 nitrogen and oxygen atoms in total. The van der Waals surface area contributed by atoms with Gasteiger partial charge in [0.2, 0.25) is 0 Å². The molecular weight excluding hydrogens is 300 g/mol. The molecule has 1 heterocycles. The number of methoxy groups -OCH3 is 1. The van der Waals surface area contributed by atoms with Crippen molar-refractivity contribution in [2.75, 3.05) is 20.2 Å². The summed E-state index contributed by atoms with van der Waals surface area (Å²) in [6.07, 6.45) is 2.85. The minimum atomic E-state index is 0.0932. The van der Waals surface area contributed by atoms with Gasteiger partial charge in [-0.1, -0.05) is 30.3 Å². The van der Waals surface area contributed by atoms with E-state index in [9.17, 15) is 4.79 Å². The van der Waals surface area contributed by atoms with Crippen molar-refractivity contribution in [1.29, 1.82) is 0 Å². The molecule has 1 aliphatic rings. The Bertz CT molecular complexity index is 697. The van der Waals surface area contributed by atoms with Crippen LogP contribution in [0.4, 0.5) is 0 Å². The van der Waals surface area contributed by atoms with Gasteiger partial charge in [0, 0.05) is 30.3 Å². The molecule has 0 radical (unpaired) electrons. The molecule has 2 N–H and O–H groups in total. The van der Waals surface area contributed by atoms with Gasteiger partial charge in [-0.3, -0.25) is 4.79 Å². The normalized spacial score (nSPS) is 18.1. The molecule has 0 spiro atoms. The van der Waals surface area contributed by atoms with Crippen LogP contribution in [0, 0.1) is 0 Å². The van der Waals surface area contributed by atoms with Crippen LogP contribution in [0.5, 0.6) is 5.75 Å². The fraction of sp³-hybridized carbons (Fsp3) is 0.350. The summed E-state index contributed by atoms with van der Waals surface area (Å²) in [5.74, 6) is 0.925. The van der Waals surface area contributed by atoms with Gasteiger partial charge >= 0.3 is 0 Å². The van der Waals surface area contributed by atoms with E-state index in [1.54, 1.807) is 7.11 Å². The molecule has 2 aromatic rings. The van der Waals surface area contributed by atoms with E-state index in [4.69, 9.17) is 10.5 Å². The molecule has 1 saturated heterocycles. The van der Waals surface area contributed by atoms with E-state index in [2.05, 4.69) is 0 Å². The zero-order valence-corrected chi connectivity index (χ0v) is 14.1. The molecule has 1 atom stereocenters. The minimum Gasteiger partial charge on any atom is -0.496 e. The molecule has 3 rings (SSSR count). The third-order valence-electron chi connectivity index (χ3n) is 4.61. The second kappa shape index (κ2) is 7.49. The Kier molecular flexibility index (Phi) is 5.16. The second-order valence-electron chi connectivity index (χ2n) is 6.26. The lowest BCUT2D eigenvalue weighted by Crippen LogP contribution is -2.32. The number of ether oxygens (including phenoxy) is 1. The Balaban J connectivity index is 1.78. The van der Waals surface area contributed by atoms with Crippen LogP contribution >= 0.6 is 0 Å². The van der Waals surface area contributed by atoms with Crippen LogP contribution in [-0.4, -0.2) is 37.0 Å². The molecule has 126 valence electrons. The third-order valence-corrected chi connectivity index (χ3v) is 4.61. The van der Waals surface area contributed by atoms with E-state index in [0.717, 1.165) is 54.8 Å². The summed E-state index contributed by atoms with van der Waals surface area (Å²) in [6, 6.07) is 15.9. The third kappa shape index (κ3) is 3.60. The van der Waals surface area contributed by atoms with Crippen molar-refractivity contribution < 1.29 is 9.53 Å². The molecule has 0 aliphatic carbocycles. The van der Waals surface area contributed by atoms with Crippen molar-refractivity contribution >= 4 is 5.91 Å². The number of rotatable bonds is 3. The molecule has 1 fully saturated rings. The standard InChI is InChI=1S/C20H24N2O2/c1-24-19-7-3-2-6-18(19)15-8-10-16(11-9-15)20(23)22-13-4-5-17(21)12-14-22/h2-3,6-11,17H,4-5,12-14,21H2,1H3/t17-/m1/s1. The number of likely N-dealkylation sites (tertiary alicyclic amines) is 1. The Labute approximate surface area is 143 Å². The maximum atomic E-state index is 12.7. The quantitative estimate of drug-likeness (QED) is 0.942. The number of nitrogens with two attached hydrogens (primary N) is 1. The molecule has 0 bridgehead atoms. The molecule has 1 aliphatic heterocycles. The first-order valence-electron chi connectivity index (χ1n) is 8.47. The Morgan fingerprint density at radius 2 is 1.83 bits per heavy atom. The van der Waals surface area contributed by atoms with Gasteiger partial charge in [0.25, 0.3) is 5.91 Å². The summed E-state index contributed by atoms with van der Waals surface area (Å²) in [6.45, 7) is 1.54. The van der Waals surface area contributed by atoms with Gasteiger partial charge in [0.1, 0.15) is 5.75 Å². The first-order valence-corrected chi connectivity index (χ1v) is 8.47. The van der Waals surface area contributed by atoms with Crippen molar-refractivity contribution in [3.63, 3.8) is 0 Å². The zero-order chi connectivity index (χ0) is 16.9. The van der Waals surface area contributed by atoms with Crippen LogP contribution < -0.4 is 10.5 Å². The van der Waals surface area contributed by atoms with E-state index < -0.39 is 0 Å². The number of amides is 1. The highest BCUT2D eigenvalue weighted by molar-refractivity contribution is 5.94. The molecular formula is C20H24N2O2. The predicted molar refractivity (Wildman–Crippen MR) is 96.2 cm³/mol. The van der Waals surface area contributed by atoms with Crippen molar-refractivity contribution in [3.8, 4) is 16.9 Å². The summed E-state index contributed by atoms with van der Waals surface area (Å²) in [5.41, 5.74) is 8.79. The average molecular weight is 324 g/mol. The fourth-order valence-electron chi connectivity index (χ4n) is 3.18. The van der Waals surface area contributed by atoms with Crippen LogP contribution in [0.15, 0.2) is 48.5 Å². The summed E-state index contributed by atoms with van der Waals surface area (Å²) in [7, 11) is 1.67. The van der Waals surface area contributed by atoms with E-state index >= 15 is 0 Å². The van der Waals surface area contributed by atoms with Crippen LogP contribution in [0.1, 0.15) is 29.6 Å². The largest absolute Gasteiger partial charge is 0.496 e.